The number of fused-ring (bicyclic) bond motifs is 1. The van der Waals surface area contributed by atoms with Crippen molar-refractivity contribution in [3.05, 3.63) is 48.0 Å². The van der Waals surface area contributed by atoms with Crippen LogP contribution in [0.15, 0.2) is 42.5 Å². The van der Waals surface area contributed by atoms with Gasteiger partial charge in [-0.1, -0.05) is 43.9 Å². The third-order valence-electron chi connectivity index (χ3n) is 5.46. The van der Waals surface area contributed by atoms with Gasteiger partial charge in [0, 0.05) is 24.8 Å². The summed E-state index contributed by atoms with van der Waals surface area (Å²) in [7, 11) is 0. The van der Waals surface area contributed by atoms with Gasteiger partial charge < -0.3 is 14.4 Å². The van der Waals surface area contributed by atoms with Crippen LogP contribution in [0.4, 0.5) is 5.95 Å². The summed E-state index contributed by atoms with van der Waals surface area (Å²) >= 11 is 0. The van der Waals surface area contributed by atoms with Gasteiger partial charge >= 0.3 is 0 Å². The first-order valence-electron chi connectivity index (χ1n) is 10.8. The molecule has 0 N–H and O–H groups in total. The van der Waals surface area contributed by atoms with Gasteiger partial charge in [-0.2, -0.15) is 0 Å². The molecule has 2 heterocycles. The molecule has 0 bridgehead atoms. The average molecular weight is 394 g/mol. The van der Waals surface area contributed by atoms with E-state index in [0.717, 1.165) is 67.7 Å². The van der Waals surface area contributed by atoms with Crippen molar-refractivity contribution in [2.24, 2.45) is 0 Å². The summed E-state index contributed by atoms with van der Waals surface area (Å²) in [5.41, 5.74) is 4.45. The maximum Gasteiger partial charge on any atom is 0.211 e. The minimum absolute atomic E-state index is 0.739. The number of nitrogens with zero attached hydrogens (tertiary/aromatic N) is 3. The molecule has 0 unspecified atom stereocenters. The number of aromatic nitrogens is 2. The molecule has 0 amide bonds. The molecule has 154 valence electrons. The van der Waals surface area contributed by atoms with Crippen molar-refractivity contribution in [3.8, 4) is 11.4 Å². The molecule has 3 aromatic rings. The van der Waals surface area contributed by atoms with Gasteiger partial charge in [-0.15, -0.1) is 0 Å². The highest BCUT2D eigenvalue weighted by Crippen LogP contribution is 2.30. The number of morpholine rings is 1. The first-order valence-corrected chi connectivity index (χ1v) is 10.8. The van der Waals surface area contributed by atoms with E-state index >= 15 is 0 Å². The third-order valence-corrected chi connectivity index (χ3v) is 5.46. The number of imidazole rings is 1. The van der Waals surface area contributed by atoms with Gasteiger partial charge in [-0.05, 0) is 37.6 Å². The zero-order valence-corrected chi connectivity index (χ0v) is 17.6. The molecule has 0 atom stereocenters. The molecule has 0 saturated carbocycles. The predicted molar refractivity (Wildman–Crippen MR) is 118 cm³/mol. The molecule has 2 aromatic carbocycles. The molecule has 1 aromatic heterocycles. The van der Waals surface area contributed by atoms with Crippen LogP contribution in [0.1, 0.15) is 38.2 Å². The Morgan fingerprint density at radius 2 is 1.79 bits per heavy atom. The average Bonchev–Trinajstić information content (AvgIpc) is 3.14. The summed E-state index contributed by atoms with van der Waals surface area (Å²) in [5, 5.41) is 0. The molecule has 1 aliphatic rings. The summed E-state index contributed by atoms with van der Waals surface area (Å²) in [6.45, 7) is 8.30. The smallest absolute Gasteiger partial charge is 0.211 e. The van der Waals surface area contributed by atoms with Crippen LogP contribution < -0.4 is 9.64 Å². The highest BCUT2D eigenvalue weighted by molar-refractivity contribution is 5.83. The van der Waals surface area contributed by atoms with Crippen LogP contribution in [0.2, 0.25) is 0 Å². The van der Waals surface area contributed by atoms with Crippen LogP contribution in [-0.2, 0) is 4.74 Å². The lowest BCUT2D eigenvalue weighted by molar-refractivity contribution is 0.122. The fraction of sp³-hybridized carbons (Fsp3) is 0.458. The standard InChI is InChI=1S/C24H31N3O2/c1-3-4-5-6-15-29-21-11-12-22-23(18-21)27(20-9-7-19(2)8-10-20)24(25-22)26-13-16-28-17-14-26/h7-12,18H,3-6,13-17H2,1-2H3. The normalized spacial score (nSPS) is 14.5. The van der Waals surface area contributed by atoms with Gasteiger partial charge in [0.15, 0.2) is 0 Å². The van der Waals surface area contributed by atoms with Gasteiger partial charge in [0.1, 0.15) is 5.75 Å². The number of anilines is 1. The maximum absolute atomic E-state index is 6.05. The molecule has 5 nitrogen and oxygen atoms in total. The Morgan fingerprint density at radius 1 is 1.00 bits per heavy atom. The van der Waals surface area contributed by atoms with E-state index in [1.165, 1.54) is 24.8 Å². The zero-order chi connectivity index (χ0) is 20.1. The van der Waals surface area contributed by atoms with E-state index < -0.39 is 0 Å². The van der Waals surface area contributed by atoms with E-state index in [1.54, 1.807) is 0 Å². The summed E-state index contributed by atoms with van der Waals surface area (Å²) in [6.07, 6.45) is 4.83. The van der Waals surface area contributed by atoms with Crippen molar-refractivity contribution in [2.75, 3.05) is 37.8 Å². The van der Waals surface area contributed by atoms with Crippen LogP contribution >= 0.6 is 0 Å². The Morgan fingerprint density at radius 3 is 2.55 bits per heavy atom. The second kappa shape index (κ2) is 9.31. The van der Waals surface area contributed by atoms with Crippen molar-refractivity contribution in [1.82, 2.24) is 9.55 Å². The lowest BCUT2D eigenvalue weighted by atomic mass is 10.2. The molecule has 0 spiro atoms. The Hall–Kier alpha value is -2.53. The fourth-order valence-electron chi connectivity index (χ4n) is 3.77. The Balaban J connectivity index is 1.68. The Labute approximate surface area is 173 Å². The number of hydrogen-bond acceptors (Lipinski definition) is 4. The van der Waals surface area contributed by atoms with Crippen molar-refractivity contribution < 1.29 is 9.47 Å². The van der Waals surface area contributed by atoms with E-state index in [9.17, 15) is 0 Å². The van der Waals surface area contributed by atoms with Crippen LogP contribution in [0.25, 0.3) is 16.7 Å². The van der Waals surface area contributed by atoms with E-state index in [0.29, 0.717) is 0 Å². The molecular formula is C24H31N3O2. The van der Waals surface area contributed by atoms with E-state index in [2.05, 4.69) is 59.7 Å². The second-order valence-electron chi connectivity index (χ2n) is 7.74. The van der Waals surface area contributed by atoms with Crippen molar-refractivity contribution >= 4 is 17.0 Å². The lowest BCUT2D eigenvalue weighted by Gasteiger charge is -2.28. The van der Waals surface area contributed by atoms with Crippen LogP contribution in [-0.4, -0.2) is 42.5 Å². The molecule has 4 rings (SSSR count). The quantitative estimate of drug-likeness (QED) is 0.498. The first-order chi connectivity index (χ1) is 14.3. The summed E-state index contributed by atoms with van der Waals surface area (Å²) < 4.78 is 13.9. The molecule has 5 heteroatoms. The molecule has 29 heavy (non-hydrogen) atoms. The molecular weight excluding hydrogens is 362 g/mol. The number of rotatable bonds is 8. The van der Waals surface area contributed by atoms with Gasteiger partial charge in [0.25, 0.3) is 0 Å². The number of unbranched alkanes of at least 4 members (excludes halogenated alkanes) is 3. The lowest BCUT2D eigenvalue weighted by Crippen LogP contribution is -2.37. The topological polar surface area (TPSA) is 39.5 Å². The van der Waals surface area contributed by atoms with Gasteiger partial charge in [0.2, 0.25) is 5.95 Å². The molecule has 0 aliphatic carbocycles. The highest BCUT2D eigenvalue weighted by atomic mass is 16.5. The highest BCUT2D eigenvalue weighted by Gasteiger charge is 2.21. The van der Waals surface area contributed by atoms with Gasteiger partial charge in [-0.3, -0.25) is 4.57 Å². The third kappa shape index (κ3) is 4.56. The van der Waals surface area contributed by atoms with Crippen LogP contribution in [0, 0.1) is 6.92 Å². The number of benzene rings is 2. The minimum Gasteiger partial charge on any atom is -0.494 e. The molecule has 1 aliphatic heterocycles. The Kier molecular flexibility index (Phi) is 6.35. The summed E-state index contributed by atoms with van der Waals surface area (Å²) in [4.78, 5) is 7.29. The maximum atomic E-state index is 6.05. The van der Waals surface area contributed by atoms with Crippen molar-refractivity contribution in [3.63, 3.8) is 0 Å². The van der Waals surface area contributed by atoms with Crippen LogP contribution in [0.3, 0.4) is 0 Å². The number of hydrogen-bond donors (Lipinski definition) is 0. The van der Waals surface area contributed by atoms with E-state index in [1.807, 2.05) is 6.07 Å². The minimum atomic E-state index is 0.739. The van der Waals surface area contributed by atoms with Gasteiger partial charge in [-0.25, -0.2) is 4.98 Å². The molecule has 0 radical (unpaired) electrons. The Bertz CT molecular complexity index is 927. The van der Waals surface area contributed by atoms with E-state index in [4.69, 9.17) is 14.5 Å². The van der Waals surface area contributed by atoms with Gasteiger partial charge in [0.05, 0.1) is 30.9 Å². The molecule has 1 fully saturated rings. The summed E-state index contributed by atoms with van der Waals surface area (Å²) in [6, 6.07) is 14.9. The summed E-state index contributed by atoms with van der Waals surface area (Å²) in [5.74, 6) is 1.89. The SMILES string of the molecule is CCCCCCOc1ccc2nc(N3CCOCC3)n(-c3ccc(C)cc3)c2c1. The van der Waals surface area contributed by atoms with Crippen molar-refractivity contribution in [1.29, 1.82) is 0 Å². The zero-order valence-electron chi connectivity index (χ0n) is 17.6. The predicted octanol–water partition coefficient (Wildman–Crippen LogP) is 5.13. The largest absolute Gasteiger partial charge is 0.494 e. The molecule has 1 saturated heterocycles. The number of ether oxygens (including phenoxy) is 2. The number of aryl methyl sites for hydroxylation is 1. The first kappa shape index (κ1) is 19.8. The fourth-order valence-corrected chi connectivity index (χ4v) is 3.77. The monoisotopic (exact) mass is 393 g/mol. The van der Waals surface area contributed by atoms with Crippen LogP contribution in [0.5, 0.6) is 5.75 Å². The second-order valence-corrected chi connectivity index (χ2v) is 7.74. The van der Waals surface area contributed by atoms with Crippen molar-refractivity contribution in [2.45, 2.75) is 39.5 Å². The van der Waals surface area contributed by atoms with E-state index in [-0.39, 0.29) is 0 Å².